The zero-order valence-corrected chi connectivity index (χ0v) is 14.7. The summed E-state index contributed by atoms with van der Waals surface area (Å²) in [6.07, 6.45) is 2.68. The maximum Gasteiger partial charge on any atom is 0.348 e. The molecule has 1 aromatic carbocycles. The Morgan fingerprint density at radius 2 is 1.96 bits per heavy atom. The van der Waals surface area contributed by atoms with E-state index in [-0.39, 0.29) is 17.0 Å². The summed E-state index contributed by atoms with van der Waals surface area (Å²) < 4.78 is 11.7. The molecule has 27 heavy (non-hydrogen) atoms. The van der Waals surface area contributed by atoms with Crippen LogP contribution in [-0.2, 0) is 9.53 Å². The van der Waals surface area contributed by atoms with E-state index in [1.165, 1.54) is 4.40 Å². The van der Waals surface area contributed by atoms with Gasteiger partial charge in [-0.25, -0.2) is 4.79 Å². The molecule has 2 heterocycles. The van der Waals surface area contributed by atoms with Crippen molar-refractivity contribution in [1.82, 2.24) is 9.38 Å². The molecule has 0 saturated carbocycles. The van der Waals surface area contributed by atoms with Crippen LogP contribution in [0.3, 0.4) is 0 Å². The lowest BCUT2D eigenvalue weighted by Gasteiger charge is -2.11. The van der Waals surface area contributed by atoms with Crippen LogP contribution in [0.5, 0.6) is 11.6 Å². The first kappa shape index (κ1) is 17.9. The Hall–Kier alpha value is -3.92. The molecular formula is C20H15N3O4. The van der Waals surface area contributed by atoms with Gasteiger partial charge < -0.3 is 9.47 Å². The normalized spacial score (nSPS) is 11.1. The third kappa shape index (κ3) is 3.55. The number of ether oxygens (including phenoxy) is 2. The molecule has 0 spiro atoms. The maximum absolute atomic E-state index is 12.9. The molecule has 0 aliphatic carbocycles. The molecule has 0 bridgehead atoms. The van der Waals surface area contributed by atoms with Crippen LogP contribution in [0, 0.1) is 18.3 Å². The largest absolute Gasteiger partial charge is 0.465 e. The number of carbonyl (C=O) groups is 1. The molecule has 134 valence electrons. The van der Waals surface area contributed by atoms with Crippen molar-refractivity contribution in [2.24, 2.45) is 0 Å². The highest BCUT2D eigenvalue weighted by Gasteiger charge is 2.17. The van der Waals surface area contributed by atoms with Gasteiger partial charge in [-0.1, -0.05) is 24.3 Å². The quantitative estimate of drug-likeness (QED) is 0.403. The van der Waals surface area contributed by atoms with Crippen molar-refractivity contribution in [2.45, 2.75) is 6.92 Å². The molecule has 0 amide bonds. The van der Waals surface area contributed by atoms with Crippen LogP contribution in [0.4, 0.5) is 0 Å². The number of nitrogens with zero attached hydrogens (tertiary/aromatic N) is 3. The number of hydrogen-bond acceptors (Lipinski definition) is 6. The average Bonchev–Trinajstić information content (AvgIpc) is 2.69. The number of benzene rings is 1. The van der Waals surface area contributed by atoms with Gasteiger partial charge in [0.05, 0.1) is 7.11 Å². The van der Waals surface area contributed by atoms with Gasteiger partial charge in [-0.05, 0) is 36.8 Å². The molecule has 7 heteroatoms. The number of para-hydroxylation sites is 1. The highest BCUT2D eigenvalue weighted by Crippen LogP contribution is 2.26. The molecule has 7 nitrogen and oxygen atoms in total. The van der Waals surface area contributed by atoms with Crippen LogP contribution in [0.1, 0.15) is 11.1 Å². The SMILES string of the molecule is COC(=O)C(C#N)=Cc1c(Oc2ccccc2C)nc2ccccn2c1=O. The fraction of sp³-hybridized carbons (Fsp3) is 0.100. The molecule has 0 aliphatic heterocycles. The van der Waals surface area contributed by atoms with Crippen LogP contribution in [0.15, 0.2) is 59.0 Å². The molecule has 0 atom stereocenters. The van der Waals surface area contributed by atoms with Gasteiger partial charge in [0, 0.05) is 6.20 Å². The smallest absolute Gasteiger partial charge is 0.348 e. The first-order chi connectivity index (χ1) is 13.0. The second kappa shape index (κ2) is 7.54. The van der Waals surface area contributed by atoms with Gasteiger partial charge in [0.2, 0.25) is 5.88 Å². The maximum atomic E-state index is 12.9. The fourth-order valence-electron chi connectivity index (χ4n) is 2.45. The molecule has 0 fully saturated rings. The highest BCUT2D eigenvalue weighted by atomic mass is 16.5. The van der Waals surface area contributed by atoms with Crippen molar-refractivity contribution in [3.8, 4) is 17.7 Å². The summed E-state index contributed by atoms with van der Waals surface area (Å²) in [7, 11) is 1.16. The molecule has 0 unspecified atom stereocenters. The number of methoxy groups -OCH3 is 1. The second-order valence-electron chi connectivity index (χ2n) is 5.59. The Morgan fingerprint density at radius 3 is 2.67 bits per heavy atom. The third-order valence-electron chi connectivity index (χ3n) is 3.85. The monoisotopic (exact) mass is 361 g/mol. The average molecular weight is 361 g/mol. The lowest BCUT2D eigenvalue weighted by atomic mass is 10.2. The Labute approximate surface area is 154 Å². The minimum atomic E-state index is -0.850. The van der Waals surface area contributed by atoms with Crippen LogP contribution in [0.25, 0.3) is 11.7 Å². The molecule has 3 rings (SSSR count). The van der Waals surface area contributed by atoms with Crippen molar-refractivity contribution in [1.29, 1.82) is 5.26 Å². The topological polar surface area (TPSA) is 93.7 Å². The second-order valence-corrected chi connectivity index (χ2v) is 5.59. The number of aryl methyl sites for hydroxylation is 1. The highest BCUT2D eigenvalue weighted by molar-refractivity contribution is 5.98. The summed E-state index contributed by atoms with van der Waals surface area (Å²) in [6, 6.07) is 14.1. The number of nitriles is 1. The van der Waals surface area contributed by atoms with E-state index in [4.69, 9.17) is 4.74 Å². The minimum Gasteiger partial charge on any atom is -0.465 e. The lowest BCUT2D eigenvalue weighted by molar-refractivity contribution is -0.135. The van der Waals surface area contributed by atoms with E-state index in [2.05, 4.69) is 9.72 Å². The molecule has 2 aromatic heterocycles. The number of aromatic nitrogens is 2. The van der Waals surface area contributed by atoms with Crippen molar-refractivity contribution in [3.05, 3.63) is 75.7 Å². The third-order valence-corrected chi connectivity index (χ3v) is 3.85. The van der Waals surface area contributed by atoms with Crippen molar-refractivity contribution in [2.75, 3.05) is 7.11 Å². The van der Waals surface area contributed by atoms with E-state index >= 15 is 0 Å². The summed E-state index contributed by atoms with van der Waals surface area (Å²) in [6.45, 7) is 1.86. The Bertz CT molecular complexity index is 1160. The Morgan fingerprint density at radius 1 is 1.22 bits per heavy atom. The predicted molar refractivity (Wildman–Crippen MR) is 98.3 cm³/mol. The fourth-order valence-corrected chi connectivity index (χ4v) is 2.45. The first-order valence-electron chi connectivity index (χ1n) is 8.00. The number of fused-ring (bicyclic) bond motifs is 1. The van der Waals surface area contributed by atoms with Crippen LogP contribution in [0.2, 0.25) is 0 Å². The van der Waals surface area contributed by atoms with Gasteiger partial charge in [-0.15, -0.1) is 0 Å². The minimum absolute atomic E-state index is 0.00264. The van der Waals surface area contributed by atoms with E-state index in [0.717, 1.165) is 18.7 Å². The number of esters is 1. The van der Waals surface area contributed by atoms with Gasteiger partial charge in [0.15, 0.2) is 0 Å². The Kier molecular flexibility index (Phi) is 4.99. The van der Waals surface area contributed by atoms with Gasteiger partial charge in [-0.2, -0.15) is 10.2 Å². The van der Waals surface area contributed by atoms with Crippen molar-refractivity contribution >= 4 is 17.7 Å². The van der Waals surface area contributed by atoms with E-state index in [0.29, 0.717) is 11.4 Å². The van der Waals surface area contributed by atoms with E-state index in [1.807, 2.05) is 19.1 Å². The van der Waals surface area contributed by atoms with E-state index < -0.39 is 11.5 Å². The van der Waals surface area contributed by atoms with Crippen molar-refractivity contribution in [3.63, 3.8) is 0 Å². The standard InChI is InChI=1S/C20H15N3O4/c1-13-7-3-4-8-16(13)27-18-15(11-14(12-21)20(25)26-2)19(24)23-10-6-5-9-17(23)22-18/h3-11H,1-2H3. The molecule has 0 aliphatic rings. The number of pyridine rings is 1. The Balaban J connectivity index is 2.26. The predicted octanol–water partition coefficient (Wildman–Crippen LogP) is 2.88. The summed E-state index contributed by atoms with van der Waals surface area (Å²) in [4.78, 5) is 29.1. The molecule has 3 aromatic rings. The van der Waals surface area contributed by atoms with Gasteiger partial charge in [0.25, 0.3) is 5.56 Å². The van der Waals surface area contributed by atoms with Crippen LogP contribution in [-0.4, -0.2) is 22.5 Å². The summed E-state index contributed by atoms with van der Waals surface area (Å²) in [5, 5.41) is 9.23. The summed E-state index contributed by atoms with van der Waals surface area (Å²) in [5.74, 6) is -0.343. The van der Waals surface area contributed by atoms with E-state index in [1.54, 1.807) is 42.6 Å². The van der Waals surface area contributed by atoms with Gasteiger partial charge in [0.1, 0.15) is 28.6 Å². The van der Waals surface area contributed by atoms with Crippen LogP contribution < -0.4 is 10.3 Å². The summed E-state index contributed by atoms with van der Waals surface area (Å²) >= 11 is 0. The lowest BCUT2D eigenvalue weighted by Crippen LogP contribution is -2.19. The number of carbonyl (C=O) groups excluding carboxylic acids is 1. The molecule has 0 radical (unpaired) electrons. The first-order valence-corrected chi connectivity index (χ1v) is 8.00. The number of hydrogen-bond donors (Lipinski definition) is 0. The molecule has 0 N–H and O–H groups in total. The zero-order valence-electron chi connectivity index (χ0n) is 14.7. The van der Waals surface area contributed by atoms with Gasteiger partial charge >= 0.3 is 5.97 Å². The summed E-state index contributed by atoms with van der Waals surface area (Å²) in [5.41, 5.74) is 0.391. The van der Waals surface area contributed by atoms with Gasteiger partial charge in [-0.3, -0.25) is 9.20 Å². The molecule has 0 saturated heterocycles. The molecular weight excluding hydrogens is 346 g/mol. The number of rotatable bonds is 4. The van der Waals surface area contributed by atoms with Crippen molar-refractivity contribution < 1.29 is 14.3 Å². The van der Waals surface area contributed by atoms with E-state index in [9.17, 15) is 14.9 Å². The zero-order chi connectivity index (χ0) is 19.4. The van der Waals surface area contributed by atoms with Crippen LogP contribution >= 0.6 is 0 Å².